The average Bonchev–Trinajstić information content (AvgIpc) is 2.13. The van der Waals surface area contributed by atoms with E-state index in [4.69, 9.17) is 4.84 Å². The summed E-state index contributed by atoms with van der Waals surface area (Å²) in [5.74, 6) is 0.354. The third kappa shape index (κ3) is 4.12. The second kappa shape index (κ2) is 5.64. The molecule has 5 heteroatoms. The van der Waals surface area contributed by atoms with Crippen molar-refractivity contribution in [3.05, 3.63) is 0 Å². The topological polar surface area (TPSA) is 50.4 Å². The molecule has 0 spiro atoms. The molecule has 0 saturated heterocycles. The lowest BCUT2D eigenvalue weighted by Gasteiger charge is -2.31. The second-order valence-electron chi connectivity index (χ2n) is 3.45. The van der Waals surface area contributed by atoms with E-state index in [1.165, 1.54) is 0 Å². The number of hydrogen-bond acceptors (Lipinski definition) is 2. The quantitative estimate of drug-likeness (QED) is 0.476. The van der Waals surface area contributed by atoms with Gasteiger partial charge in [0.05, 0.1) is 28.5 Å². The second-order valence-corrected chi connectivity index (χ2v) is 3.99. The van der Waals surface area contributed by atoms with Gasteiger partial charge in [-0.1, -0.05) is 20.8 Å². The summed E-state index contributed by atoms with van der Waals surface area (Å²) in [6.45, 7) is 8.13. The maximum absolute atomic E-state index is 10.8. The smallest absolute Gasteiger partial charge is 0.279 e. The third-order valence-corrected chi connectivity index (χ3v) is 2.88. The molecule has 0 aromatic carbocycles. The van der Waals surface area contributed by atoms with Crippen LogP contribution < -0.4 is 9.01 Å². The molecule has 1 atom stereocenters. The normalized spacial score (nSPS) is 15.2. The first-order valence-electron chi connectivity index (χ1n) is 4.31. The first-order chi connectivity index (χ1) is 5.96. The number of halogens is 1. The van der Waals surface area contributed by atoms with Crippen molar-refractivity contribution in [1.29, 1.82) is 0 Å². The van der Waals surface area contributed by atoms with Crippen molar-refractivity contribution in [2.75, 3.05) is 0 Å². The fourth-order valence-electron chi connectivity index (χ4n) is 0.780. The Morgan fingerprint density at radius 3 is 2.46 bits per heavy atom. The van der Waals surface area contributed by atoms with E-state index in [9.17, 15) is 4.79 Å². The molecule has 4 nitrogen and oxygen atoms in total. The van der Waals surface area contributed by atoms with Crippen molar-refractivity contribution in [3.8, 4) is 0 Å². The maximum atomic E-state index is 10.8. The summed E-state index contributed by atoms with van der Waals surface area (Å²) in [6.07, 6.45) is 0.853. The van der Waals surface area contributed by atoms with Crippen LogP contribution in [0.25, 0.3) is 0 Å². The van der Waals surface area contributed by atoms with E-state index >= 15 is 0 Å². The summed E-state index contributed by atoms with van der Waals surface area (Å²) >= 11 is 1.75. The van der Waals surface area contributed by atoms with Crippen molar-refractivity contribution in [3.63, 3.8) is 0 Å². The number of hydroxylamine groups is 1. The van der Waals surface area contributed by atoms with Crippen LogP contribution in [0.2, 0.25) is 0 Å². The standard InChI is InChI=1S/C8H17IN2O2/c1-5-8(4,6(2)3)13-11-7(12)10-9/h6H,5H2,1-4H3,(H2,10,11,12). The summed E-state index contributed by atoms with van der Waals surface area (Å²) in [5, 5.41) is 0. The highest BCUT2D eigenvalue weighted by Crippen LogP contribution is 2.23. The molecule has 0 radical (unpaired) electrons. The van der Waals surface area contributed by atoms with Crippen molar-refractivity contribution in [1.82, 2.24) is 9.01 Å². The van der Waals surface area contributed by atoms with Gasteiger partial charge in [-0.15, -0.1) is 0 Å². The Kier molecular flexibility index (Phi) is 5.62. The lowest BCUT2D eigenvalue weighted by atomic mass is 9.90. The van der Waals surface area contributed by atoms with E-state index in [2.05, 4.69) is 22.9 Å². The molecule has 0 aromatic heterocycles. The number of carbonyl (C=O) groups excluding carboxylic acids is 1. The van der Waals surface area contributed by atoms with Crippen LogP contribution >= 0.6 is 22.9 Å². The van der Waals surface area contributed by atoms with Gasteiger partial charge in [0, 0.05) is 0 Å². The number of hydrogen-bond donors (Lipinski definition) is 2. The minimum atomic E-state index is -0.332. The lowest BCUT2D eigenvalue weighted by molar-refractivity contribution is -0.106. The van der Waals surface area contributed by atoms with Crippen LogP contribution in [0.4, 0.5) is 4.79 Å². The molecule has 0 aliphatic rings. The highest BCUT2D eigenvalue weighted by atomic mass is 127. The van der Waals surface area contributed by atoms with Crippen LogP contribution in [-0.2, 0) is 4.84 Å². The minimum Gasteiger partial charge on any atom is -0.279 e. The van der Waals surface area contributed by atoms with Gasteiger partial charge in [0.25, 0.3) is 0 Å². The number of carbonyl (C=O) groups is 1. The van der Waals surface area contributed by atoms with E-state index < -0.39 is 0 Å². The van der Waals surface area contributed by atoms with Gasteiger partial charge in [-0.05, 0) is 19.3 Å². The highest BCUT2D eigenvalue weighted by Gasteiger charge is 2.28. The predicted molar refractivity (Wildman–Crippen MR) is 60.3 cm³/mol. The molecule has 0 aliphatic carbocycles. The maximum Gasteiger partial charge on any atom is 0.347 e. The Morgan fingerprint density at radius 1 is 1.62 bits per heavy atom. The molecular weight excluding hydrogens is 283 g/mol. The zero-order valence-electron chi connectivity index (χ0n) is 8.48. The molecule has 0 saturated carbocycles. The Balaban J connectivity index is 4.05. The molecule has 1 unspecified atom stereocenters. The van der Waals surface area contributed by atoms with Gasteiger partial charge in [-0.2, -0.15) is 0 Å². The Morgan fingerprint density at radius 2 is 2.15 bits per heavy atom. The third-order valence-electron chi connectivity index (χ3n) is 2.39. The van der Waals surface area contributed by atoms with Crippen LogP contribution in [0.1, 0.15) is 34.1 Å². The molecule has 0 rings (SSSR count). The van der Waals surface area contributed by atoms with Crippen LogP contribution in [0.5, 0.6) is 0 Å². The minimum absolute atomic E-state index is 0.302. The predicted octanol–water partition coefficient (Wildman–Crippen LogP) is 2.39. The summed E-state index contributed by atoms with van der Waals surface area (Å²) in [5.41, 5.74) is 2.05. The van der Waals surface area contributed by atoms with Gasteiger partial charge in [0.2, 0.25) is 0 Å². The van der Waals surface area contributed by atoms with Crippen molar-refractivity contribution >= 4 is 28.9 Å². The Labute approximate surface area is 93.2 Å². The number of urea groups is 1. The van der Waals surface area contributed by atoms with E-state index in [1.807, 2.05) is 13.8 Å². The molecule has 0 bridgehead atoms. The first-order valence-corrected chi connectivity index (χ1v) is 5.38. The fraction of sp³-hybridized carbons (Fsp3) is 0.875. The zero-order valence-corrected chi connectivity index (χ0v) is 10.6. The van der Waals surface area contributed by atoms with Crippen molar-refractivity contribution in [2.45, 2.75) is 39.7 Å². The van der Waals surface area contributed by atoms with Crippen LogP contribution in [0.15, 0.2) is 0 Å². The van der Waals surface area contributed by atoms with Crippen LogP contribution in [-0.4, -0.2) is 11.6 Å². The number of nitrogens with one attached hydrogen (secondary N) is 2. The van der Waals surface area contributed by atoms with Gasteiger partial charge in [0.15, 0.2) is 0 Å². The van der Waals surface area contributed by atoms with E-state index in [1.54, 1.807) is 22.9 Å². The molecule has 0 aromatic rings. The molecule has 0 fully saturated rings. The van der Waals surface area contributed by atoms with Gasteiger partial charge >= 0.3 is 6.03 Å². The van der Waals surface area contributed by atoms with Crippen LogP contribution in [0.3, 0.4) is 0 Å². The van der Waals surface area contributed by atoms with Gasteiger partial charge < -0.3 is 0 Å². The van der Waals surface area contributed by atoms with E-state index in [0.717, 1.165) is 6.42 Å². The molecule has 78 valence electrons. The number of amides is 2. The van der Waals surface area contributed by atoms with Crippen LogP contribution in [0, 0.1) is 5.92 Å². The fourth-order valence-corrected chi connectivity index (χ4v) is 0.891. The van der Waals surface area contributed by atoms with Gasteiger partial charge in [-0.3, -0.25) is 8.37 Å². The van der Waals surface area contributed by atoms with E-state index in [-0.39, 0.29) is 11.6 Å². The Hall–Kier alpha value is -0.0400. The molecule has 13 heavy (non-hydrogen) atoms. The summed E-state index contributed by atoms with van der Waals surface area (Å²) < 4.78 is 2.40. The van der Waals surface area contributed by atoms with E-state index in [0.29, 0.717) is 5.92 Å². The summed E-state index contributed by atoms with van der Waals surface area (Å²) in [4.78, 5) is 16.2. The average molecular weight is 300 g/mol. The Bertz CT molecular complexity index is 176. The largest absolute Gasteiger partial charge is 0.347 e. The highest BCUT2D eigenvalue weighted by molar-refractivity contribution is 14.1. The lowest BCUT2D eigenvalue weighted by Crippen LogP contribution is -2.43. The molecule has 2 N–H and O–H groups in total. The van der Waals surface area contributed by atoms with Gasteiger partial charge in [-0.25, -0.2) is 10.3 Å². The SMILES string of the molecule is CCC(C)(ONC(=O)NI)C(C)C. The molecule has 0 aliphatic heterocycles. The van der Waals surface area contributed by atoms with Crippen molar-refractivity contribution in [2.24, 2.45) is 5.92 Å². The molecular formula is C8H17IN2O2. The zero-order chi connectivity index (χ0) is 10.5. The number of rotatable bonds is 4. The van der Waals surface area contributed by atoms with Crippen molar-refractivity contribution < 1.29 is 9.63 Å². The molecule has 2 amide bonds. The monoisotopic (exact) mass is 300 g/mol. The molecule has 0 heterocycles. The van der Waals surface area contributed by atoms with Gasteiger partial charge in [0.1, 0.15) is 0 Å². The summed E-state index contributed by atoms with van der Waals surface area (Å²) in [6, 6.07) is -0.332. The summed E-state index contributed by atoms with van der Waals surface area (Å²) in [7, 11) is 0. The first kappa shape index (κ1) is 13.0.